The molecule has 0 heterocycles. The Bertz CT molecular complexity index is 910. The van der Waals surface area contributed by atoms with Crippen LogP contribution < -0.4 is 23.8 Å². The van der Waals surface area contributed by atoms with Gasteiger partial charge in [0, 0.05) is 18.2 Å². The number of rotatable bonds is 9. The number of aromatic hydroxyl groups is 1. The molecule has 160 valence electrons. The quantitative estimate of drug-likeness (QED) is 0.493. The van der Waals surface area contributed by atoms with Gasteiger partial charge in [0.15, 0.2) is 23.0 Å². The summed E-state index contributed by atoms with van der Waals surface area (Å²) in [5.41, 5.74) is 1.27. The zero-order valence-corrected chi connectivity index (χ0v) is 17.8. The summed E-state index contributed by atoms with van der Waals surface area (Å²) in [6.45, 7) is 2.07. The van der Waals surface area contributed by atoms with Gasteiger partial charge in [-0.05, 0) is 24.6 Å². The van der Waals surface area contributed by atoms with Crippen molar-refractivity contribution in [3.63, 3.8) is 0 Å². The number of methoxy groups -OCH3 is 4. The Labute approximate surface area is 176 Å². The van der Waals surface area contributed by atoms with Gasteiger partial charge in [0.2, 0.25) is 5.75 Å². The van der Waals surface area contributed by atoms with Crippen molar-refractivity contribution in [2.24, 2.45) is 0 Å². The Balaban J connectivity index is 2.53. The molecule has 0 unspecified atom stereocenters. The minimum absolute atomic E-state index is 0.00301. The van der Waals surface area contributed by atoms with E-state index in [2.05, 4.69) is 0 Å². The Kier molecular flexibility index (Phi) is 8.17. The lowest BCUT2D eigenvalue weighted by molar-refractivity contribution is -0.114. The van der Waals surface area contributed by atoms with Crippen LogP contribution in [0.2, 0.25) is 0 Å². The third-order valence-electron chi connectivity index (χ3n) is 4.35. The summed E-state index contributed by atoms with van der Waals surface area (Å²) in [5.74, 6) is 1.40. The average molecular weight is 413 g/mol. The molecule has 0 aliphatic rings. The van der Waals surface area contributed by atoms with E-state index in [1.807, 2.05) is 13.0 Å². The van der Waals surface area contributed by atoms with Gasteiger partial charge in [-0.15, -0.1) is 0 Å². The van der Waals surface area contributed by atoms with E-state index in [0.29, 0.717) is 28.7 Å². The first-order chi connectivity index (χ1) is 14.5. The summed E-state index contributed by atoms with van der Waals surface area (Å²) in [7, 11) is 6.02. The third-order valence-corrected chi connectivity index (χ3v) is 4.35. The Morgan fingerprint density at radius 1 is 0.933 bits per heavy atom. The van der Waals surface area contributed by atoms with Crippen LogP contribution in [0.3, 0.4) is 0 Å². The van der Waals surface area contributed by atoms with Crippen LogP contribution in [0.4, 0.5) is 5.69 Å². The molecule has 1 N–H and O–H groups in total. The molecule has 1 amide bonds. The predicted molar refractivity (Wildman–Crippen MR) is 116 cm³/mol. The van der Waals surface area contributed by atoms with Gasteiger partial charge in [0.25, 0.3) is 5.91 Å². The molecule has 7 nitrogen and oxygen atoms in total. The van der Waals surface area contributed by atoms with Crippen LogP contribution in [0, 0.1) is 0 Å². The smallest absolute Gasteiger partial charge is 0.251 e. The van der Waals surface area contributed by atoms with E-state index in [1.54, 1.807) is 47.4 Å². The molecule has 30 heavy (non-hydrogen) atoms. The van der Waals surface area contributed by atoms with Crippen LogP contribution in [-0.4, -0.2) is 39.5 Å². The van der Waals surface area contributed by atoms with Gasteiger partial charge < -0.3 is 29.0 Å². The van der Waals surface area contributed by atoms with Crippen molar-refractivity contribution in [2.75, 3.05) is 33.3 Å². The van der Waals surface area contributed by atoms with E-state index in [-0.39, 0.29) is 18.2 Å². The largest absolute Gasteiger partial charge is 0.504 e. The zero-order chi connectivity index (χ0) is 22.1. The van der Waals surface area contributed by atoms with E-state index in [1.165, 1.54) is 34.5 Å². The van der Waals surface area contributed by atoms with Crippen LogP contribution in [0.5, 0.6) is 28.7 Å². The highest BCUT2D eigenvalue weighted by atomic mass is 16.5. The van der Waals surface area contributed by atoms with E-state index >= 15 is 0 Å². The van der Waals surface area contributed by atoms with Gasteiger partial charge in [0.1, 0.15) is 0 Å². The maximum Gasteiger partial charge on any atom is 0.251 e. The zero-order valence-electron chi connectivity index (χ0n) is 17.8. The number of phenols is 1. The summed E-state index contributed by atoms with van der Waals surface area (Å²) >= 11 is 0. The number of phenolic OH excluding ortho intramolecular Hbond substituents is 1. The Morgan fingerprint density at radius 2 is 1.57 bits per heavy atom. The second kappa shape index (κ2) is 10.8. The first-order valence-corrected chi connectivity index (χ1v) is 9.25. The van der Waals surface area contributed by atoms with Gasteiger partial charge in [-0.25, -0.2) is 0 Å². The number of amides is 1. The number of benzene rings is 2. The predicted octanol–water partition coefficient (Wildman–Crippen LogP) is 4.09. The van der Waals surface area contributed by atoms with Gasteiger partial charge in [-0.2, -0.15) is 0 Å². The summed E-state index contributed by atoms with van der Waals surface area (Å²) < 4.78 is 21.3. The van der Waals surface area contributed by atoms with Crippen LogP contribution in [0.15, 0.2) is 54.6 Å². The minimum atomic E-state index is -0.252. The highest BCUT2D eigenvalue weighted by Crippen LogP contribution is 2.41. The van der Waals surface area contributed by atoms with Crippen molar-refractivity contribution in [3.05, 3.63) is 60.2 Å². The maximum atomic E-state index is 13.0. The lowest BCUT2D eigenvalue weighted by atomic mass is 10.1. The van der Waals surface area contributed by atoms with Gasteiger partial charge in [0.05, 0.1) is 40.7 Å². The molecular formula is C23H27NO6. The number of hydrogen-bond donors (Lipinski definition) is 1. The summed E-state index contributed by atoms with van der Waals surface area (Å²) in [4.78, 5) is 14.5. The molecule has 0 aliphatic heterocycles. The van der Waals surface area contributed by atoms with E-state index < -0.39 is 0 Å². The van der Waals surface area contributed by atoms with Crippen LogP contribution in [0.25, 0.3) is 0 Å². The highest BCUT2D eigenvalue weighted by Gasteiger charge is 2.20. The molecule has 0 aliphatic carbocycles. The molecule has 0 atom stereocenters. The fourth-order valence-corrected chi connectivity index (χ4v) is 2.87. The first-order valence-electron chi connectivity index (χ1n) is 9.25. The Hall–Kier alpha value is -3.61. The molecule has 0 radical (unpaired) electrons. The van der Waals surface area contributed by atoms with Crippen molar-refractivity contribution in [3.8, 4) is 28.7 Å². The average Bonchev–Trinajstić information content (AvgIpc) is 2.76. The second-order valence-electron chi connectivity index (χ2n) is 6.20. The third kappa shape index (κ3) is 5.26. The molecule has 0 aromatic heterocycles. The van der Waals surface area contributed by atoms with E-state index in [0.717, 1.165) is 5.56 Å². The maximum absolute atomic E-state index is 13.0. The second-order valence-corrected chi connectivity index (χ2v) is 6.20. The number of hydrogen-bond acceptors (Lipinski definition) is 6. The number of nitrogens with zero attached hydrogens (tertiary/aromatic N) is 1. The lowest BCUT2D eigenvalue weighted by Crippen LogP contribution is -2.28. The molecule has 2 rings (SSSR count). The number of anilines is 1. The first kappa shape index (κ1) is 22.7. The molecule has 0 spiro atoms. The van der Waals surface area contributed by atoms with Crippen molar-refractivity contribution in [2.45, 2.75) is 13.5 Å². The van der Waals surface area contributed by atoms with E-state index in [4.69, 9.17) is 18.9 Å². The van der Waals surface area contributed by atoms with E-state index in [9.17, 15) is 9.90 Å². The standard InChI is InChI=1S/C23H27NO6/c1-6-7-8-9-22(26)24(15-16-10-11-19(27-2)18(25)12-16)17-13-20(28-3)23(30-5)21(14-17)29-4/h6-14,25H,15H2,1-5H3/b7-6+,9-8+. The topological polar surface area (TPSA) is 77.5 Å². The van der Waals surface area contributed by atoms with Crippen LogP contribution in [0.1, 0.15) is 12.5 Å². The molecule has 0 bridgehead atoms. The summed E-state index contributed by atoms with van der Waals surface area (Å²) in [6, 6.07) is 8.40. The molecule has 0 saturated heterocycles. The SMILES string of the molecule is C/C=C/C=C/C(=O)N(Cc1ccc(OC)c(O)c1)c1cc(OC)c(OC)c(OC)c1. The molecular weight excluding hydrogens is 386 g/mol. The minimum Gasteiger partial charge on any atom is -0.504 e. The van der Waals surface area contributed by atoms with Gasteiger partial charge in [-0.1, -0.05) is 24.3 Å². The molecule has 0 fully saturated rings. The molecule has 2 aromatic rings. The lowest BCUT2D eigenvalue weighted by Gasteiger charge is -2.24. The van der Waals surface area contributed by atoms with Crippen LogP contribution >= 0.6 is 0 Å². The fourth-order valence-electron chi connectivity index (χ4n) is 2.87. The van der Waals surface area contributed by atoms with Crippen molar-refractivity contribution in [1.29, 1.82) is 0 Å². The molecule has 0 saturated carbocycles. The van der Waals surface area contributed by atoms with Gasteiger partial charge in [-0.3, -0.25) is 4.79 Å². The Morgan fingerprint density at radius 3 is 2.07 bits per heavy atom. The normalized spacial score (nSPS) is 11.0. The number of allylic oxidation sites excluding steroid dienone is 3. The highest BCUT2D eigenvalue weighted by molar-refractivity contribution is 6.02. The van der Waals surface area contributed by atoms with Crippen molar-refractivity contribution >= 4 is 11.6 Å². The van der Waals surface area contributed by atoms with Crippen LogP contribution in [-0.2, 0) is 11.3 Å². The fraction of sp³-hybridized carbons (Fsp3) is 0.261. The van der Waals surface area contributed by atoms with Crippen molar-refractivity contribution in [1.82, 2.24) is 0 Å². The molecule has 7 heteroatoms. The molecule has 2 aromatic carbocycles. The van der Waals surface area contributed by atoms with Gasteiger partial charge >= 0.3 is 0 Å². The number of carbonyl (C=O) groups excluding carboxylic acids is 1. The number of carbonyl (C=O) groups is 1. The monoisotopic (exact) mass is 413 g/mol. The summed E-state index contributed by atoms with van der Waals surface area (Å²) in [6.07, 6.45) is 6.73. The number of ether oxygens (including phenoxy) is 4. The summed E-state index contributed by atoms with van der Waals surface area (Å²) in [5, 5.41) is 10.1. The van der Waals surface area contributed by atoms with Crippen molar-refractivity contribution < 1.29 is 28.8 Å².